The van der Waals surface area contributed by atoms with Gasteiger partial charge in [0.05, 0.1) is 11.4 Å². The van der Waals surface area contributed by atoms with Crippen molar-refractivity contribution in [3.63, 3.8) is 0 Å². The number of rotatable bonds is 6. The van der Waals surface area contributed by atoms with Crippen molar-refractivity contribution < 1.29 is 0 Å². The molecule has 0 amide bonds. The van der Waals surface area contributed by atoms with E-state index < -0.39 is 0 Å². The molecule has 1 aromatic heterocycles. The fourth-order valence-corrected chi connectivity index (χ4v) is 9.33. The SMILES string of the molecule is c1ccc(-c2cc(-c3cccc(-c4ccc(-c5ccc6c(c5)-c5ccccc5C65CCCCC5)cc4)c3-c3ccccc3)cc(-c3ccccc3)n2)cc1. The van der Waals surface area contributed by atoms with E-state index in [2.05, 4.69) is 188 Å². The van der Waals surface area contributed by atoms with Crippen LogP contribution >= 0.6 is 0 Å². The van der Waals surface area contributed by atoms with E-state index in [4.69, 9.17) is 4.98 Å². The van der Waals surface area contributed by atoms with Gasteiger partial charge in [-0.3, -0.25) is 0 Å². The average molecular weight is 692 g/mol. The maximum Gasteiger partial charge on any atom is 0.0715 e. The molecule has 2 aliphatic rings. The van der Waals surface area contributed by atoms with Crippen molar-refractivity contribution >= 4 is 0 Å². The Kier molecular flexibility index (Phi) is 8.14. The number of hydrogen-bond acceptors (Lipinski definition) is 1. The maximum absolute atomic E-state index is 5.18. The molecule has 0 saturated heterocycles. The van der Waals surface area contributed by atoms with E-state index in [1.165, 1.54) is 87.7 Å². The van der Waals surface area contributed by atoms with Gasteiger partial charge in [-0.25, -0.2) is 4.98 Å². The van der Waals surface area contributed by atoms with Gasteiger partial charge >= 0.3 is 0 Å². The molecule has 1 nitrogen and oxygen atoms in total. The van der Waals surface area contributed by atoms with Crippen LogP contribution < -0.4 is 0 Å². The van der Waals surface area contributed by atoms with Crippen LogP contribution in [-0.4, -0.2) is 4.98 Å². The summed E-state index contributed by atoms with van der Waals surface area (Å²) >= 11 is 0. The Bertz CT molecular complexity index is 2540. The molecular weight excluding hydrogens is 651 g/mol. The van der Waals surface area contributed by atoms with Crippen LogP contribution in [0.2, 0.25) is 0 Å². The Morgan fingerprint density at radius 3 is 1.46 bits per heavy atom. The van der Waals surface area contributed by atoms with Gasteiger partial charge < -0.3 is 0 Å². The minimum atomic E-state index is 0.184. The highest BCUT2D eigenvalue weighted by Gasteiger charge is 2.43. The number of aromatic nitrogens is 1. The molecule has 0 bridgehead atoms. The zero-order valence-corrected chi connectivity index (χ0v) is 30.4. The second-order valence-corrected chi connectivity index (χ2v) is 15.0. The van der Waals surface area contributed by atoms with Crippen LogP contribution in [-0.2, 0) is 5.41 Å². The van der Waals surface area contributed by atoms with Crippen LogP contribution in [0.1, 0.15) is 43.2 Å². The first-order chi connectivity index (χ1) is 26.7. The number of fused-ring (bicyclic) bond motifs is 5. The second-order valence-electron chi connectivity index (χ2n) is 15.0. The van der Waals surface area contributed by atoms with Crippen molar-refractivity contribution in [3.8, 4) is 78.1 Å². The summed E-state index contributed by atoms with van der Waals surface area (Å²) in [6.45, 7) is 0. The lowest BCUT2D eigenvalue weighted by Crippen LogP contribution is -2.27. The number of pyridine rings is 1. The van der Waals surface area contributed by atoms with Crippen molar-refractivity contribution in [1.82, 2.24) is 4.98 Å². The third-order valence-electron chi connectivity index (χ3n) is 11.9. The molecule has 0 radical (unpaired) electrons. The topological polar surface area (TPSA) is 12.9 Å². The van der Waals surface area contributed by atoms with Crippen molar-refractivity contribution in [2.75, 3.05) is 0 Å². The third-order valence-corrected chi connectivity index (χ3v) is 11.9. The maximum atomic E-state index is 5.18. The predicted octanol–water partition coefficient (Wildman–Crippen LogP) is 14.3. The van der Waals surface area contributed by atoms with Gasteiger partial charge in [0.25, 0.3) is 0 Å². The molecule has 0 unspecified atom stereocenters. The van der Waals surface area contributed by atoms with E-state index in [9.17, 15) is 0 Å². The molecule has 1 saturated carbocycles. The Morgan fingerprint density at radius 1 is 0.315 bits per heavy atom. The van der Waals surface area contributed by atoms with Gasteiger partial charge in [0, 0.05) is 16.5 Å². The molecule has 10 rings (SSSR count). The molecule has 0 N–H and O–H groups in total. The van der Waals surface area contributed by atoms with E-state index in [1.807, 2.05) is 0 Å². The first-order valence-corrected chi connectivity index (χ1v) is 19.4. The van der Waals surface area contributed by atoms with Crippen molar-refractivity contribution in [1.29, 1.82) is 0 Å². The minimum Gasteiger partial charge on any atom is -0.248 e. The molecule has 1 spiro atoms. The smallest absolute Gasteiger partial charge is 0.0715 e. The third kappa shape index (κ3) is 5.60. The molecule has 2 aliphatic carbocycles. The van der Waals surface area contributed by atoms with Gasteiger partial charge in [-0.1, -0.05) is 189 Å². The summed E-state index contributed by atoms with van der Waals surface area (Å²) in [5, 5.41) is 0. The first-order valence-electron chi connectivity index (χ1n) is 19.4. The monoisotopic (exact) mass is 691 g/mol. The minimum absolute atomic E-state index is 0.184. The average Bonchev–Trinajstić information content (AvgIpc) is 3.52. The number of benzene rings is 7. The molecule has 0 atom stereocenters. The highest BCUT2D eigenvalue weighted by Crippen LogP contribution is 2.56. The van der Waals surface area contributed by atoms with Crippen LogP contribution in [0, 0.1) is 0 Å². The van der Waals surface area contributed by atoms with Crippen LogP contribution in [0.4, 0.5) is 0 Å². The van der Waals surface area contributed by atoms with Gasteiger partial charge in [-0.15, -0.1) is 0 Å². The molecule has 0 aliphatic heterocycles. The molecule has 1 heteroatoms. The summed E-state index contributed by atoms with van der Waals surface area (Å²) in [5.41, 5.74) is 20.0. The Hall–Kier alpha value is -6.31. The van der Waals surface area contributed by atoms with Crippen LogP contribution in [0.3, 0.4) is 0 Å². The standard InChI is InChI=1S/C53H41N/c1-5-16-39(17-6-1)50-35-43(36-51(54-50)40-18-7-2-8-19-40)45-24-15-23-44(52(45)41-20-9-3-10-21-41)38-28-26-37(27-29-38)42-30-31-49-47(34-42)46-22-11-12-25-48(46)53(49)32-13-4-14-33-53/h1-3,5-12,15-31,34-36H,4,13-14,32-33H2. The lowest BCUT2D eigenvalue weighted by Gasteiger charge is -2.36. The van der Waals surface area contributed by atoms with E-state index >= 15 is 0 Å². The molecule has 1 heterocycles. The van der Waals surface area contributed by atoms with E-state index in [0.717, 1.165) is 28.1 Å². The lowest BCUT2D eigenvalue weighted by atomic mass is 9.68. The van der Waals surface area contributed by atoms with Gasteiger partial charge in [0.15, 0.2) is 0 Å². The fraction of sp³-hybridized carbons (Fsp3) is 0.113. The molecule has 1 fully saturated rings. The second kappa shape index (κ2) is 13.6. The predicted molar refractivity (Wildman–Crippen MR) is 226 cm³/mol. The zero-order valence-electron chi connectivity index (χ0n) is 30.4. The Balaban J connectivity index is 1.08. The summed E-state index contributed by atoms with van der Waals surface area (Å²) in [7, 11) is 0. The van der Waals surface area contributed by atoms with Crippen LogP contribution in [0.25, 0.3) is 78.1 Å². The van der Waals surface area contributed by atoms with Crippen molar-refractivity contribution in [2.24, 2.45) is 0 Å². The highest BCUT2D eigenvalue weighted by atomic mass is 14.7. The van der Waals surface area contributed by atoms with Gasteiger partial charge in [-0.2, -0.15) is 0 Å². The molecule has 7 aromatic carbocycles. The van der Waals surface area contributed by atoms with Crippen molar-refractivity contribution in [2.45, 2.75) is 37.5 Å². The molecule has 8 aromatic rings. The Labute approximate surface area is 318 Å². The van der Waals surface area contributed by atoms with E-state index in [-0.39, 0.29) is 5.41 Å². The van der Waals surface area contributed by atoms with E-state index in [1.54, 1.807) is 5.56 Å². The lowest BCUT2D eigenvalue weighted by molar-refractivity contribution is 0.353. The quantitative estimate of drug-likeness (QED) is 0.169. The fourth-order valence-electron chi connectivity index (χ4n) is 9.33. The van der Waals surface area contributed by atoms with Gasteiger partial charge in [-0.05, 0) is 97.8 Å². The van der Waals surface area contributed by atoms with Gasteiger partial charge in [0.1, 0.15) is 0 Å². The summed E-state index contributed by atoms with van der Waals surface area (Å²) in [5.74, 6) is 0. The van der Waals surface area contributed by atoms with Crippen LogP contribution in [0.15, 0.2) is 188 Å². The number of nitrogens with zero attached hydrogens (tertiary/aromatic N) is 1. The zero-order chi connectivity index (χ0) is 35.9. The largest absolute Gasteiger partial charge is 0.248 e. The molecular formula is C53H41N. The summed E-state index contributed by atoms with van der Waals surface area (Å²) in [6, 6.07) is 68.8. The molecule has 258 valence electrons. The highest BCUT2D eigenvalue weighted by molar-refractivity contribution is 5.96. The summed E-state index contributed by atoms with van der Waals surface area (Å²) in [6.07, 6.45) is 6.49. The summed E-state index contributed by atoms with van der Waals surface area (Å²) in [4.78, 5) is 5.18. The molecule has 54 heavy (non-hydrogen) atoms. The Morgan fingerprint density at radius 2 is 0.815 bits per heavy atom. The van der Waals surface area contributed by atoms with E-state index in [0.29, 0.717) is 0 Å². The van der Waals surface area contributed by atoms with Crippen LogP contribution in [0.5, 0.6) is 0 Å². The normalized spacial score (nSPS) is 14.1. The van der Waals surface area contributed by atoms with Gasteiger partial charge in [0.2, 0.25) is 0 Å². The first kappa shape index (κ1) is 32.3. The number of hydrogen-bond donors (Lipinski definition) is 0. The summed E-state index contributed by atoms with van der Waals surface area (Å²) < 4.78 is 0. The van der Waals surface area contributed by atoms with Crippen molar-refractivity contribution in [3.05, 3.63) is 199 Å².